The van der Waals surface area contributed by atoms with E-state index in [1.54, 1.807) is 0 Å². The average Bonchev–Trinajstić information content (AvgIpc) is 2.74. The molecule has 0 bridgehead atoms. The van der Waals surface area contributed by atoms with E-state index in [-0.39, 0.29) is 5.91 Å². The Morgan fingerprint density at radius 1 is 1.17 bits per heavy atom. The molecule has 2 rings (SSSR count). The van der Waals surface area contributed by atoms with E-state index in [4.69, 9.17) is 0 Å². The molecule has 0 fully saturated rings. The lowest BCUT2D eigenvalue weighted by molar-refractivity contribution is -0.255. The Morgan fingerprint density at radius 3 is 2.39 bits per heavy atom. The molecule has 3 N–H and O–H groups in total. The molecular formula is C15H19N2O+. The Balaban J connectivity index is 2.41. The van der Waals surface area contributed by atoms with Gasteiger partial charge in [0.15, 0.2) is 0 Å². The van der Waals surface area contributed by atoms with Crippen LogP contribution in [-0.4, -0.2) is 10.5 Å². The molecule has 0 radical (unpaired) electrons. The molecule has 0 spiro atoms. The number of aromatic nitrogens is 1. The number of carbonyl (C=O) groups excluding carboxylic acids is 1. The van der Waals surface area contributed by atoms with Crippen molar-refractivity contribution in [3.8, 4) is 0 Å². The minimum absolute atomic E-state index is 0.127. The second kappa shape index (κ2) is 5.19. The third-order valence-corrected chi connectivity index (χ3v) is 3.08. The summed E-state index contributed by atoms with van der Waals surface area (Å²) in [5.74, 6) is 0.264. The molecular weight excluding hydrogens is 224 g/mol. The lowest BCUT2D eigenvalue weighted by Crippen LogP contribution is -2.57. The number of nitrogens with zero attached hydrogens (tertiary/aromatic N) is 1. The topological polar surface area (TPSA) is 49.6 Å². The van der Waals surface area contributed by atoms with Crippen molar-refractivity contribution in [3.63, 3.8) is 0 Å². The smallest absolute Gasteiger partial charge is 0.333 e. The molecule has 0 unspecified atom stereocenters. The van der Waals surface area contributed by atoms with Crippen LogP contribution in [0.5, 0.6) is 0 Å². The van der Waals surface area contributed by atoms with E-state index in [0.717, 1.165) is 6.54 Å². The zero-order valence-electron chi connectivity index (χ0n) is 10.9. The van der Waals surface area contributed by atoms with Crippen molar-refractivity contribution in [2.45, 2.75) is 26.3 Å². The number of quaternary nitrogens is 1. The summed E-state index contributed by atoms with van der Waals surface area (Å²) in [6.07, 6.45) is 0. The summed E-state index contributed by atoms with van der Waals surface area (Å²) in [7, 11) is 0. The summed E-state index contributed by atoms with van der Waals surface area (Å²) >= 11 is 0. The summed E-state index contributed by atoms with van der Waals surface area (Å²) in [6, 6.07) is 14.1. The Bertz CT molecular complexity index is 541. The summed E-state index contributed by atoms with van der Waals surface area (Å²) in [5, 5.41) is 0. The highest BCUT2D eigenvalue weighted by Crippen LogP contribution is 2.19. The van der Waals surface area contributed by atoms with Gasteiger partial charge < -0.3 is 4.57 Å². The predicted octanol–water partition coefficient (Wildman–Crippen LogP) is 2.04. The van der Waals surface area contributed by atoms with Crippen LogP contribution in [0, 0.1) is 0 Å². The van der Waals surface area contributed by atoms with Gasteiger partial charge in [-0.25, -0.2) is 4.79 Å². The Labute approximate surface area is 107 Å². The molecule has 0 saturated heterocycles. The van der Waals surface area contributed by atoms with E-state index in [1.165, 1.54) is 11.3 Å². The third kappa shape index (κ3) is 2.51. The van der Waals surface area contributed by atoms with Crippen LogP contribution < -0.4 is 5.73 Å². The average molecular weight is 243 g/mol. The maximum Gasteiger partial charge on any atom is 0.357 e. The van der Waals surface area contributed by atoms with Crippen molar-refractivity contribution < 1.29 is 10.5 Å². The number of hydrogen-bond donors (Lipinski definition) is 1. The Kier molecular flexibility index (Phi) is 3.63. The molecule has 1 aromatic heterocycles. The fraction of sp³-hybridized carbons (Fsp3) is 0.267. The number of amides is 1. The second-order valence-electron chi connectivity index (χ2n) is 4.79. The van der Waals surface area contributed by atoms with Crippen molar-refractivity contribution in [1.82, 2.24) is 4.57 Å². The first kappa shape index (κ1) is 12.6. The van der Waals surface area contributed by atoms with Crippen molar-refractivity contribution in [2.24, 2.45) is 0 Å². The molecule has 18 heavy (non-hydrogen) atoms. The largest absolute Gasteiger partial charge is 0.357 e. The van der Waals surface area contributed by atoms with E-state index >= 15 is 0 Å². The maximum atomic E-state index is 11.6. The van der Waals surface area contributed by atoms with Crippen molar-refractivity contribution in [1.29, 1.82) is 0 Å². The van der Waals surface area contributed by atoms with Crippen LogP contribution in [0.1, 0.15) is 41.5 Å². The Hall–Kier alpha value is -1.87. The van der Waals surface area contributed by atoms with Gasteiger partial charge in [0, 0.05) is 12.2 Å². The summed E-state index contributed by atoms with van der Waals surface area (Å²) < 4.78 is 2.06. The molecule has 3 nitrogen and oxygen atoms in total. The highest BCUT2D eigenvalue weighted by atomic mass is 16.1. The molecule has 0 atom stereocenters. The van der Waals surface area contributed by atoms with Crippen molar-refractivity contribution in [2.75, 3.05) is 0 Å². The normalized spacial score (nSPS) is 10.9. The Morgan fingerprint density at radius 2 is 1.83 bits per heavy atom. The molecule has 1 heterocycles. The molecule has 94 valence electrons. The van der Waals surface area contributed by atoms with E-state index in [2.05, 4.69) is 36.3 Å². The van der Waals surface area contributed by atoms with Gasteiger partial charge >= 0.3 is 5.91 Å². The van der Waals surface area contributed by atoms with Gasteiger partial charge in [-0.15, -0.1) is 0 Å². The maximum absolute atomic E-state index is 11.6. The quantitative estimate of drug-likeness (QED) is 0.877. The molecule has 1 amide bonds. The van der Waals surface area contributed by atoms with E-state index < -0.39 is 0 Å². The number of hydrogen-bond acceptors (Lipinski definition) is 1. The number of rotatable bonds is 4. The zero-order valence-corrected chi connectivity index (χ0v) is 10.9. The molecule has 1 aromatic carbocycles. The van der Waals surface area contributed by atoms with Crippen LogP contribution in [0.3, 0.4) is 0 Å². The molecule has 0 aliphatic heterocycles. The van der Waals surface area contributed by atoms with E-state index in [9.17, 15) is 4.79 Å². The van der Waals surface area contributed by atoms with Gasteiger partial charge in [-0.3, -0.25) is 5.73 Å². The van der Waals surface area contributed by atoms with Crippen molar-refractivity contribution in [3.05, 3.63) is 59.4 Å². The lowest BCUT2D eigenvalue weighted by Gasteiger charge is -2.13. The highest BCUT2D eigenvalue weighted by Gasteiger charge is 2.16. The van der Waals surface area contributed by atoms with Gasteiger partial charge in [0.05, 0.1) is 0 Å². The van der Waals surface area contributed by atoms with E-state index in [0.29, 0.717) is 11.6 Å². The minimum Gasteiger partial charge on any atom is -0.333 e. The summed E-state index contributed by atoms with van der Waals surface area (Å²) in [5.41, 5.74) is 6.57. The van der Waals surface area contributed by atoms with Crippen molar-refractivity contribution >= 4 is 5.91 Å². The van der Waals surface area contributed by atoms with Crippen LogP contribution >= 0.6 is 0 Å². The summed E-state index contributed by atoms with van der Waals surface area (Å²) in [6.45, 7) is 4.99. The third-order valence-electron chi connectivity index (χ3n) is 3.08. The lowest BCUT2D eigenvalue weighted by atomic mass is 10.1. The van der Waals surface area contributed by atoms with Gasteiger partial charge in [0.25, 0.3) is 0 Å². The van der Waals surface area contributed by atoms with E-state index in [1.807, 2.05) is 30.3 Å². The standard InChI is InChI=1S/C15H18N2O/c1-11(2)13-8-9-14(15(16)18)17(13)10-12-6-4-3-5-7-12/h3-9,11H,10H2,1-2H3,(H2,16,18)/p+1. The predicted molar refractivity (Wildman–Crippen MR) is 71.3 cm³/mol. The molecule has 3 heteroatoms. The number of carbonyl (C=O) groups is 1. The van der Waals surface area contributed by atoms with Gasteiger partial charge in [-0.1, -0.05) is 44.2 Å². The van der Waals surface area contributed by atoms with Gasteiger partial charge in [-0.05, 0) is 23.6 Å². The van der Waals surface area contributed by atoms with Crippen LogP contribution in [0.4, 0.5) is 0 Å². The molecule has 2 aromatic rings. The molecule has 0 aliphatic carbocycles. The first-order valence-corrected chi connectivity index (χ1v) is 6.19. The second-order valence-corrected chi connectivity index (χ2v) is 4.79. The number of benzene rings is 1. The first-order valence-electron chi connectivity index (χ1n) is 6.19. The van der Waals surface area contributed by atoms with Gasteiger partial charge in [-0.2, -0.15) is 0 Å². The van der Waals surface area contributed by atoms with Crippen LogP contribution in [0.25, 0.3) is 0 Å². The monoisotopic (exact) mass is 243 g/mol. The minimum atomic E-state index is -0.127. The SMILES string of the molecule is CC(C)c1ccc(C([NH3+])=O)n1Cc1ccccc1. The van der Waals surface area contributed by atoms with Crippen LogP contribution in [0.2, 0.25) is 0 Å². The van der Waals surface area contributed by atoms with Gasteiger partial charge in [0.1, 0.15) is 5.69 Å². The highest BCUT2D eigenvalue weighted by molar-refractivity contribution is 5.84. The fourth-order valence-corrected chi connectivity index (χ4v) is 2.17. The molecule has 0 aliphatic rings. The van der Waals surface area contributed by atoms with Crippen LogP contribution in [-0.2, 0) is 6.54 Å². The van der Waals surface area contributed by atoms with Gasteiger partial charge in [0.2, 0.25) is 0 Å². The summed E-state index contributed by atoms with van der Waals surface area (Å²) in [4.78, 5) is 11.6. The fourth-order valence-electron chi connectivity index (χ4n) is 2.17. The first-order chi connectivity index (χ1) is 8.59. The molecule has 0 saturated carbocycles. The van der Waals surface area contributed by atoms with Crippen LogP contribution in [0.15, 0.2) is 42.5 Å². The zero-order chi connectivity index (χ0) is 13.1.